The van der Waals surface area contributed by atoms with E-state index in [1.54, 1.807) is 28.1 Å². The summed E-state index contributed by atoms with van der Waals surface area (Å²) in [6, 6.07) is 21.6. The quantitative estimate of drug-likeness (QED) is 0.0358. The van der Waals surface area contributed by atoms with Crippen LogP contribution in [0.25, 0.3) is 11.1 Å². The first kappa shape index (κ1) is 54.1. The van der Waals surface area contributed by atoms with Crippen LogP contribution in [0.4, 0.5) is 10.1 Å². The molecule has 4 aromatic rings. The summed E-state index contributed by atoms with van der Waals surface area (Å²) in [4.78, 5) is 66.9. The Labute approximate surface area is 382 Å². The lowest BCUT2D eigenvalue weighted by Gasteiger charge is -2.35. The van der Waals surface area contributed by atoms with Gasteiger partial charge in [0.05, 0.1) is 31.0 Å². The minimum atomic E-state index is -0.615. The number of amides is 5. The van der Waals surface area contributed by atoms with Crippen molar-refractivity contribution in [2.45, 2.75) is 47.5 Å². The molecule has 2 heterocycles. The number of hydrogen-bond acceptors (Lipinski definition) is 10. The number of nitrogens with one attached hydrogen (secondary N) is 4. The number of nitrogens with two attached hydrogens (primary N) is 2. The van der Waals surface area contributed by atoms with E-state index in [1.165, 1.54) is 25.3 Å². The van der Waals surface area contributed by atoms with Crippen LogP contribution in [0, 0.1) is 25.1 Å². The Bertz CT molecular complexity index is 2220. The van der Waals surface area contributed by atoms with Crippen LogP contribution in [0.5, 0.6) is 0 Å². The molecule has 15 nitrogen and oxygen atoms in total. The van der Waals surface area contributed by atoms with Crippen molar-refractivity contribution in [3.63, 3.8) is 0 Å². The molecule has 5 rings (SSSR count). The zero-order chi connectivity index (χ0) is 48.1. The van der Waals surface area contributed by atoms with Gasteiger partial charge in [-0.2, -0.15) is 0 Å². The molecular formula is C49H64FN9O6. The normalized spacial score (nSPS) is 11.7. The third kappa shape index (κ3) is 19.1. The van der Waals surface area contributed by atoms with Gasteiger partial charge in [0.1, 0.15) is 5.82 Å². The summed E-state index contributed by atoms with van der Waals surface area (Å²) in [7, 11) is 0. The number of hydrogen-bond donors (Lipinski definition) is 6. The lowest BCUT2D eigenvalue weighted by atomic mass is 9.97. The van der Waals surface area contributed by atoms with E-state index in [9.17, 15) is 23.6 Å². The second-order valence-electron chi connectivity index (χ2n) is 14.5. The van der Waals surface area contributed by atoms with E-state index >= 15 is 0 Å². The number of halogens is 1. The van der Waals surface area contributed by atoms with Crippen LogP contribution in [0.15, 0.2) is 104 Å². The van der Waals surface area contributed by atoms with Crippen molar-refractivity contribution in [2.75, 3.05) is 64.3 Å². The smallest absolute Gasteiger partial charge is 0.272 e. The number of ether oxygens (including phenoxy) is 1. The lowest BCUT2D eigenvalue weighted by Crippen LogP contribution is -2.52. The first-order chi connectivity index (χ1) is 31.2. The number of piperazine rings is 1. The van der Waals surface area contributed by atoms with Gasteiger partial charge in [-0.15, -0.1) is 0 Å². The van der Waals surface area contributed by atoms with Crippen LogP contribution >= 0.6 is 0 Å². The van der Waals surface area contributed by atoms with Gasteiger partial charge in [0.2, 0.25) is 18.2 Å². The number of carbonyl (C=O) groups excluding carboxylic acids is 5. The highest BCUT2D eigenvalue weighted by Crippen LogP contribution is 2.25. The summed E-state index contributed by atoms with van der Waals surface area (Å²) < 4.78 is 20.4. The van der Waals surface area contributed by atoms with Gasteiger partial charge in [-0.3, -0.25) is 24.0 Å². The fourth-order valence-electron chi connectivity index (χ4n) is 6.41. The van der Waals surface area contributed by atoms with Crippen LogP contribution in [-0.4, -0.2) is 110 Å². The second-order valence-corrected chi connectivity index (χ2v) is 14.5. The fourth-order valence-corrected chi connectivity index (χ4v) is 6.41. The molecule has 0 atom stereocenters. The molecule has 0 bridgehead atoms. The molecule has 1 saturated heterocycles. The van der Waals surface area contributed by atoms with E-state index in [0.717, 1.165) is 34.2 Å². The average molecular weight is 894 g/mol. The summed E-state index contributed by atoms with van der Waals surface area (Å²) in [5.74, 6) is -1.93. The van der Waals surface area contributed by atoms with Crippen molar-refractivity contribution in [3.05, 3.63) is 143 Å². The van der Waals surface area contributed by atoms with Crippen LogP contribution in [0.3, 0.4) is 0 Å². The van der Waals surface area contributed by atoms with Crippen LogP contribution in [0.1, 0.15) is 70.3 Å². The highest BCUT2D eigenvalue weighted by Gasteiger charge is 2.26. The minimum absolute atomic E-state index is 0.0370. The van der Waals surface area contributed by atoms with Gasteiger partial charge in [-0.05, 0) is 73.8 Å². The van der Waals surface area contributed by atoms with E-state index in [2.05, 4.69) is 58.1 Å². The molecule has 3 aromatic carbocycles. The summed E-state index contributed by atoms with van der Waals surface area (Å²) in [6.07, 6.45) is 8.71. The van der Waals surface area contributed by atoms with Crippen LogP contribution < -0.4 is 27.4 Å². The molecule has 16 heteroatoms. The molecule has 1 aromatic heterocycles. The predicted molar refractivity (Wildman–Crippen MR) is 255 cm³/mol. The fraction of sp³-hybridized carbons (Fsp3) is 0.327. The maximum atomic E-state index is 14.8. The third-order valence-electron chi connectivity index (χ3n) is 9.50. The topological polar surface area (TPSA) is 226 Å². The van der Waals surface area contributed by atoms with Crippen molar-refractivity contribution >= 4 is 41.4 Å². The largest absolute Gasteiger partial charge is 0.405 e. The van der Waals surface area contributed by atoms with Gasteiger partial charge in [-0.25, -0.2) is 9.37 Å². The number of carbonyl (C=O) groups is 5. The van der Waals surface area contributed by atoms with Crippen molar-refractivity contribution in [2.24, 2.45) is 11.5 Å². The zero-order valence-corrected chi connectivity index (χ0v) is 38.1. The van der Waals surface area contributed by atoms with Gasteiger partial charge in [0.25, 0.3) is 11.8 Å². The van der Waals surface area contributed by atoms with Crippen molar-refractivity contribution in [1.82, 2.24) is 25.4 Å². The molecule has 5 amide bonds. The van der Waals surface area contributed by atoms with Crippen molar-refractivity contribution in [3.8, 4) is 11.1 Å². The van der Waals surface area contributed by atoms with Gasteiger partial charge in [-0.1, -0.05) is 85.8 Å². The molecule has 0 saturated carbocycles. The SMILES string of the molecule is C/C=C\CC.C=CN.CC(=O)Nc1cc(-c2cccc(C)c2)cnc1C(=O)NCCOCCNCC(=O)N1CCN(C(=O)c2cc(CC(=N)c3ccccc3C)ccc2F)CC1.NC=O. The molecule has 0 aliphatic carbocycles. The Morgan fingerprint density at radius 2 is 1.57 bits per heavy atom. The number of aryl methyl sites for hydroxylation is 2. The summed E-state index contributed by atoms with van der Waals surface area (Å²) in [6.45, 7) is 15.0. The molecule has 348 valence electrons. The van der Waals surface area contributed by atoms with Gasteiger partial charge < -0.3 is 47.4 Å². The lowest BCUT2D eigenvalue weighted by molar-refractivity contribution is -0.131. The Balaban J connectivity index is 0.00000119. The molecule has 1 fully saturated rings. The number of pyridine rings is 1. The van der Waals surface area contributed by atoms with Gasteiger partial charge in [0, 0.05) is 70.1 Å². The first-order valence-corrected chi connectivity index (χ1v) is 21.2. The third-order valence-corrected chi connectivity index (χ3v) is 9.50. The van der Waals surface area contributed by atoms with E-state index in [1.807, 2.05) is 69.3 Å². The van der Waals surface area contributed by atoms with E-state index in [0.29, 0.717) is 43.2 Å². The maximum absolute atomic E-state index is 14.8. The Hall–Kier alpha value is -7.04. The van der Waals surface area contributed by atoms with Crippen LogP contribution in [-0.2, 0) is 25.5 Å². The molecule has 65 heavy (non-hydrogen) atoms. The molecular weight excluding hydrogens is 830 g/mol. The molecule has 1 aliphatic rings. The molecule has 8 N–H and O–H groups in total. The number of rotatable bonds is 16. The molecule has 0 spiro atoms. The molecule has 0 radical (unpaired) electrons. The van der Waals surface area contributed by atoms with Crippen molar-refractivity contribution in [1.29, 1.82) is 5.41 Å². The number of anilines is 1. The molecule has 0 unspecified atom stereocenters. The Morgan fingerprint density at radius 1 is 0.908 bits per heavy atom. The Kier molecular flexibility index (Phi) is 25.1. The van der Waals surface area contributed by atoms with E-state index in [4.69, 9.17) is 14.9 Å². The number of nitrogens with zero attached hydrogens (tertiary/aromatic N) is 3. The minimum Gasteiger partial charge on any atom is -0.405 e. The predicted octanol–water partition coefficient (Wildman–Crippen LogP) is 5.56. The Morgan fingerprint density at radius 3 is 2.18 bits per heavy atom. The zero-order valence-electron chi connectivity index (χ0n) is 38.1. The monoisotopic (exact) mass is 893 g/mol. The maximum Gasteiger partial charge on any atom is 0.272 e. The van der Waals surface area contributed by atoms with Crippen LogP contribution in [0.2, 0.25) is 0 Å². The number of aromatic nitrogens is 1. The summed E-state index contributed by atoms with van der Waals surface area (Å²) >= 11 is 0. The van der Waals surface area contributed by atoms with Gasteiger partial charge >= 0.3 is 0 Å². The number of benzene rings is 3. The van der Waals surface area contributed by atoms with E-state index in [-0.39, 0.29) is 68.7 Å². The standard InChI is InChI=1S/C41H46FN7O5.C5H10.C2H5N.CH3NO/c1-27-7-6-9-31(21-27)32-24-37(47-29(3)50)39(46-25-32)40(52)45-14-20-54-19-13-44-26-38(51)48-15-17-49(18-16-48)41(53)34-22-30(11-12-35(34)42)23-36(43)33-10-5-4-8-28(33)2;1-3-5-4-2;1-2-3;2-1-3/h4-12,21-22,24-25,43-44H,13-20,23,26H2,1-3H3,(H,45,52)(H,47,50);3,5H,4H2,1-2H3;2H,1,3H2;1H,(H2,2,3)/b;5-3-;;. The van der Waals surface area contributed by atoms with E-state index < -0.39 is 17.6 Å². The second kappa shape index (κ2) is 30.1. The highest BCUT2D eigenvalue weighted by atomic mass is 19.1. The summed E-state index contributed by atoms with van der Waals surface area (Å²) in [5, 5.41) is 17.0. The molecule has 1 aliphatic heterocycles. The van der Waals surface area contributed by atoms with Gasteiger partial charge in [0.15, 0.2) is 5.69 Å². The average Bonchev–Trinajstić information content (AvgIpc) is 3.28. The summed E-state index contributed by atoms with van der Waals surface area (Å²) in [5.41, 5.74) is 14.8. The van der Waals surface area contributed by atoms with Crippen molar-refractivity contribution < 1.29 is 33.1 Å². The first-order valence-electron chi connectivity index (χ1n) is 21.2. The number of allylic oxidation sites excluding steroid dienone is 2. The highest BCUT2D eigenvalue weighted by molar-refractivity contribution is 6.03. The number of primary amides is 1.